The number of quaternary nitrogens is 1. The molecular formula is C16H24NO+. The summed E-state index contributed by atoms with van der Waals surface area (Å²) in [5.41, 5.74) is 2.64. The second-order valence-corrected chi connectivity index (χ2v) is 5.10. The molecule has 3 N–H and O–H groups in total. The van der Waals surface area contributed by atoms with Crippen molar-refractivity contribution in [1.82, 2.24) is 0 Å². The summed E-state index contributed by atoms with van der Waals surface area (Å²) in [4.78, 5) is 0. The van der Waals surface area contributed by atoms with E-state index in [9.17, 15) is 5.11 Å². The summed E-state index contributed by atoms with van der Waals surface area (Å²) in [5, 5.41) is 12.2. The van der Waals surface area contributed by atoms with Crippen LogP contribution in [0.3, 0.4) is 0 Å². The molecule has 2 rings (SSSR count). The molecule has 0 aliphatic heterocycles. The van der Waals surface area contributed by atoms with Gasteiger partial charge in [0.05, 0.1) is 6.54 Å². The lowest BCUT2D eigenvalue weighted by molar-refractivity contribution is -0.661. The van der Waals surface area contributed by atoms with Gasteiger partial charge in [-0.15, -0.1) is 0 Å². The third kappa shape index (κ3) is 4.28. The quantitative estimate of drug-likeness (QED) is 0.586. The second kappa shape index (κ2) is 7.34. The van der Waals surface area contributed by atoms with E-state index in [0.717, 1.165) is 18.7 Å². The van der Waals surface area contributed by atoms with Gasteiger partial charge in [-0.25, -0.2) is 0 Å². The Balaban J connectivity index is 1.65. The van der Waals surface area contributed by atoms with Gasteiger partial charge < -0.3 is 10.4 Å². The topological polar surface area (TPSA) is 36.8 Å². The van der Waals surface area contributed by atoms with Crippen LogP contribution in [0.2, 0.25) is 0 Å². The fourth-order valence-electron chi connectivity index (χ4n) is 2.51. The van der Waals surface area contributed by atoms with Crippen molar-refractivity contribution in [1.29, 1.82) is 0 Å². The van der Waals surface area contributed by atoms with Crippen molar-refractivity contribution in [3.8, 4) is 0 Å². The van der Waals surface area contributed by atoms with E-state index in [4.69, 9.17) is 0 Å². The van der Waals surface area contributed by atoms with E-state index < -0.39 is 0 Å². The molecule has 1 aromatic rings. The number of hydrogen-bond donors (Lipinski definition) is 2. The summed E-state index contributed by atoms with van der Waals surface area (Å²) >= 11 is 0. The Morgan fingerprint density at radius 2 is 2.00 bits per heavy atom. The predicted octanol–water partition coefficient (Wildman–Crippen LogP) is 2.17. The van der Waals surface area contributed by atoms with Crippen molar-refractivity contribution in [2.24, 2.45) is 0 Å². The summed E-state index contributed by atoms with van der Waals surface area (Å²) in [5.74, 6) is 0. The molecule has 0 radical (unpaired) electrons. The number of rotatable bonds is 6. The van der Waals surface area contributed by atoms with Crippen LogP contribution < -0.4 is 5.32 Å². The van der Waals surface area contributed by atoms with Crippen molar-refractivity contribution < 1.29 is 10.4 Å². The Morgan fingerprint density at radius 1 is 1.17 bits per heavy atom. The number of allylic oxidation sites excluding steroid dienone is 1. The lowest BCUT2D eigenvalue weighted by Crippen LogP contribution is -2.85. The molecule has 1 atom stereocenters. The monoisotopic (exact) mass is 246 g/mol. The molecule has 1 aliphatic carbocycles. The lowest BCUT2D eigenvalue weighted by atomic mass is 9.97. The highest BCUT2D eigenvalue weighted by Crippen LogP contribution is 2.18. The normalized spacial score (nSPS) is 17.3. The molecule has 0 heterocycles. The van der Waals surface area contributed by atoms with Gasteiger partial charge in [0.1, 0.15) is 12.6 Å². The summed E-state index contributed by atoms with van der Waals surface area (Å²) in [6, 6.07) is 9.91. The fraction of sp³-hybridized carbons (Fsp3) is 0.500. The Bertz CT molecular complexity index is 372. The Labute approximate surface area is 110 Å². The molecule has 0 bridgehead atoms. The molecule has 0 spiro atoms. The maximum Gasteiger partial charge on any atom is 0.128 e. The summed E-state index contributed by atoms with van der Waals surface area (Å²) in [6.45, 7) is 1.85. The number of hydrogen-bond acceptors (Lipinski definition) is 1. The van der Waals surface area contributed by atoms with Gasteiger partial charge in [0.15, 0.2) is 0 Å². The van der Waals surface area contributed by atoms with E-state index in [0.29, 0.717) is 0 Å². The van der Waals surface area contributed by atoms with Crippen LogP contribution in [0, 0.1) is 0 Å². The number of aliphatic hydroxyl groups excluding tert-OH is 1. The lowest BCUT2D eigenvalue weighted by Gasteiger charge is -2.13. The van der Waals surface area contributed by atoms with E-state index in [2.05, 4.69) is 11.4 Å². The van der Waals surface area contributed by atoms with E-state index in [1.807, 2.05) is 30.3 Å². The molecule has 2 nitrogen and oxygen atoms in total. The average molecular weight is 246 g/mol. The molecule has 2 heteroatoms. The maximum absolute atomic E-state index is 10.0. The first-order valence-corrected chi connectivity index (χ1v) is 7.09. The predicted molar refractivity (Wildman–Crippen MR) is 74.2 cm³/mol. The zero-order chi connectivity index (χ0) is 12.6. The average Bonchev–Trinajstić information content (AvgIpc) is 2.45. The van der Waals surface area contributed by atoms with Crippen molar-refractivity contribution in [3.05, 3.63) is 47.5 Å². The highest BCUT2D eigenvalue weighted by molar-refractivity contribution is 5.17. The number of aliphatic hydroxyl groups is 1. The van der Waals surface area contributed by atoms with Gasteiger partial charge in [-0.1, -0.05) is 42.0 Å². The molecule has 0 fully saturated rings. The standard InChI is InChI=1S/C16H23NO/c18-16(15-9-5-2-6-10-15)13-17-12-11-14-7-3-1-4-8-14/h2,5-7,9-10,16-18H,1,3-4,8,11-13H2/p+1/t16-/m1/s1. The summed E-state index contributed by atoms with van der Waals surface area (Å²) < 4.78 is 0. The fourth-order valence-corrected chi connectivity index (χ4v) is 2.51. The van der Waals surface area contributed by atoms with Crippen LogP contribution in [0.4, 0.5) is 0 Å². The van der Waals surface area contributed by atoms with Crippen LogP contribution in [-0.4, -0.2) is 18.2 Å². The van der Waals surface area contributed by atoms with Crippen molar-refractivity contribution in [2.75, 3.05) is 13.1 Å². The zero-order valence-electron chi connectivity index (χ0n) is 11.0. The van der Waals surface area contributed by atoms with E-state index in [1.54, 1.807) is 5.57 Å². The highest BCUT2D eigenvalue weighted by atomic mass is 16.3. The van der Waals surface area contributed by atoms with E-state index in [-0.39, 0.29) is 6.10 Å². The second-order valence-electron chi connectivity index (χ2n) is 5.10. The smallest absolute Gasteiger partial charge is 0.128 e. The van der Waals surface area contributed by atoms with E-state index >= 15 is 0 Å². The van der Waals surface area contributed by atoms with Gasteiger partial charge in [0.25, 0.3) is 0 Å². The van der Waals surface area contributed by atoms with Gasteiger partial charge in [0, 0.05) is 6.42 Å². The zero-order valence-corrected chi connectivity index (χ0v) is 11.0. The molecule has 1 aliphatic rings. The molecule has 1 aromatic carbocycles. The van der Waals surface area contributed by atoms with E-state index in [1.165, 1.54) is 32.1 Å². The molecule has 18 heavy (non-hydrogen) atoms. The summed E-state index contributed by atoms with van der Waals surface area (Å²) in [6.07, 6.45) is 8.52. The van der Waals surface area contributed by atoms with Gasteiger partial charge in [-0.05, 0) is 31.2 Å². The van der Waals surface area contributed by atoms with Gasteiger partial charge in [-0.3, -0.25) is 0 Å². The minimum Gasteiger partial charge on any atom is -0.382 e. The Kier molecular flexibility index (Phi) is 5.43. The first kappa shape index (κ1) is 13.3. The first-order chi connectivity index (χ1) is 8.86. The maximum atomic E-state index is 10.0. The molecule has 0 amide bonds. The molecule has 0 saturated carbocycles. The minimum absolute atomic E-state index is 0.341. The van der Waals surface area contributed by atoms with Crippen molar-refractivity contribution in [2.45, 2.75) is 38.2 Å². The van der Waals surface area contributed by atoms with Gasteiger partial charge >= 0.3 is 0 Å². The van der Waals surface area contributed by atoms with Crippen LogP contribution in [0.1, 0.15) is 43.8 Å². The highest BCUT2D eigenvalue weighted by Gasteiger charge is 2.09. The van der Waals surface area contributed by atoms with Gasteiger partial charge in [-0.2, -0.15) is 0 Å². The van der Waals surface area contributed by atoms with Crippen molar-refractivity contribution in [3.63, 3.8) is 0 Å². The van der Waals surface area contributed by atoms with Gasteiger partial charge in [0.2, 0.25) is 0 Å². The summed E-state index contributed by atoms with van der Waals surface area (Å²) in [7, 11) is 0. The Morgan fingerprint density at radius 3 is 2.72 bits per heavy atom. The third-order valence-electron chi connectivity index (χ3n) is 3.63. The largest absolute Gasteiger partial charge is 0.382 e. The SMILES string of the molecule is O[C@H](C[NH2+]CCC1=CCCCC1)c1ccccc1. The van der Waals surface area contributed by atoms with Crippen LogP contribution in [0.25, 0.3) is 0 Å². The van der Waals surface area contributed by atoms with Crippen LogP contribution in [0.5, 0.6) is 0 Å². The number of nitrogens with two attached hydrogens (primary N) is 1. The molecule has 98 valence electrons. The molecular weight excluding hydrogens is 222 g/mol. The molecule has 0 unspecified atom stereocenters. The molecule has 0 aromatic heterocycles. The third-order valence-corrected chi connectivity index (χ3v) is 3.63. The van der Waals surface area contributed by atoms with Crippen LogP contribution in [0.15, 0.2) is 42.0 Å². The first-order valence-electron chi connectivity index (χ1n) is 7.09. The minimum atomic E-state index is -0.341. The van der Waals surface area contributed by atoms with Crippen LogP contribution in [-0.2, 0) is 0 Å². The number of benzene rings is 1. The van der Waals surface area contributed by atoms with Crippen molar-refractivity contribution >= 4 is 0 Å². The Hall–Kier alpha value is -1.12. The van der Waals surface area contributed by atoms with Crippen LogP contribution >= 0.6 is 0 Å². The molecule has 0 saturated heterocycles.